The van der Waals surface area contributed by atoms with Crippen LogP contribution in [0.5, 0.6) is 0 Å². The monoisotopic (exact) mass is 654 g/mol. The Morgan fingerprint density at radius 1 is 0.638 bits per heavy atom. The molecule has 4 saturated heterocycles. The normalized spacial score (nSPS) is 25.9. The van der Waals surface area contributed by atoms with Crippen molar-refractivity contribution in [2.45, 2.75) is 148 Å². The van der Waals surface area contributed by atoms with E-state index in [0.717, 1.165) is 17.7 Å². The zero-order valence-corrected chi connectivity index (χ0v) is 30.1. The largest absolute Gasteiger partial charge is 0.329 e. The van der Waals surface area contributed by atoms with Crippen molar-refractivity contribution < 1.29 is 28.9 Å². The zero-order valence-electron chi connectivity index (χ0n) is 30.1. The fourth-order valence-electron chi connectivity index (χ4n) is 9.22. The topological polar surface area (TPSA) is 124 Å². The van der Waals surface area contributed by atoms with Gasteiger partial charge in [0.25, 0.3) is 11.8 Å². The van der Waals surface area contributed by atoms with Crippen LogP contribution in [0.2, 0.25) is 0 Å². The molecular weight excluding hydrogens is 600 g/mol. The predicted octanol–water partition coefficient (Wildman–Crippen LogP) is 5.57. The van der Waals surface area contributed by atoms with Crippen LogP contribution in [0.15, 0.2) is 18.2 Å². The lowest BCUT2D eigenvalue weighted by molar-refractivity contribution is -0.288. The van der Waals surface area contributed by atoms with Crippen LogP contribution in [0.25, 0.3) is 0 Å². The Labute approximate surface area is 279 Å². The lowest BCUT2D eigenvalue weighted by Gasteiger charge is -2.56. The zero-order chi connectivity index (χ0) is 35.0. The van der Waals surface area contributed by atoms with Crippen LogP contribution < -0.4 is 20.4 Å². The van der Waals surface area contributed by atoms with Crippen molar-refractivity contribution >= 4 is 35.3 Å². The molecule has 4 aliphatic heterocycles. The molecule has 0 radical (unpaired) electrons. The van der Waals surface area contributed by atoms with Crippen LogP contribution in [0, 0.1) is 6.92 Å². The minimum atomic E-state index is -1.14. The highest BCUT2D eigenvalue weighted by Crippen LogP contribution is 2.49. The SMILES string of the molecule is CCCON1C(C)(C)CC2(CC1(C)C)NC(=O)N(c1ccc(C)c(N3C(=O)NC4(CC(C)(C)N(OCCC)C(C)(C)C4)C3=O)c1)C2=O. The molecule has 12 nitrogen and oxygen atoms in total. The van der Waals surface area contributed by atoms with Gasteiger partial charge in [-0.05, 0) is 119 Å². The Bertz CT molecular complexity index is 1430. The summed E-state index contributed by atoms with van der Waals surface area (Å²) in [4.78, 5) is 70.7. The summed E-state index contributed by atoms with van der Waals surface area (Å²) in [6, 6.07) is 3.98. The number of nitrogens with one attached hydrogen (secondary N) is 2. The molecule has 4 aliphatic rings. The summed E-state index contributed by atoms with van der Waals surface area (Å²) in [6.45, 7) is 23.2. The van der Waals surface area contributed by atoms with Crippen LogP contribution in [-0.2, 0) is 19.3 Å². The van der Waals surface area contributed by atoms with Crippen molar-refractivity contribution in [3.63, 3.8) is 0 Å². The number of rotatable bonds is 8. The molecule has 5 rings (SSSR count). The number of carbonyl (C=O) groups excluding carboxylic acids is 4. The van der Waals surface area contributed by atoms with Gasteiger partial charge < -0.3 is 10.6 Å². The van der Waals surface area contributed by atoms with Gasteiger partial charge in [-0.15, -0.1) is 0 Å². The number of anilines is 2. The summed E-state index contributed by atoms with van der Waals surface area (Å²) in [5, 5.41) is 10.0. The Morgan fingerprint density at radius 2 is 1.02 bits per heavy atom. The van der Waals surface area contributed by atoms with Crippen molar-refractivity contribution in [3.8, 4) is 0 Å². The Kier molecular flexibility index (Phi) is 8.65. The van der Waals surface area contributed by atoms with E-state index in [-0.39, 0.29) is 11.8 Å². The molecule has 0 unspecified atom stereocenters. The van der Waals surface area contributed by atoms with Crippen molar-refractivity contribution in [1.82, 2.24) is 20.8 Å². The second kappa shape index (κ2) is 11.5. The standard InChI is InChI=1S/C35H54N6O6/c1-12-16-46-40-30(4,5)19-34(20-31(40,6)7)26(42)38(28(44)36-34)24-15-14-23(3)25(18-24)39-27(43)35(37-29(39)45)21-32(8,9)41(47-17-13-2)33(10,11)22-35/h14-15,18H,12-13,16-17,19-22H2,1-11H3,(H,36,44)(H,37,45). The lowest BCUT2D eigenvalue weighted by atomic mass is 9.70. The molecule has 6 amide bonds. The van der Waals surface area contributed by atoms with Gasteiger partial charge in [0.05, 0.1) is 24.6 Å². The number of nitrogens with zero attached hydrogens (tertiary/aromatic N) is 4. The third-order valence-corrected chi connectivity index (χ3v) is 10.0. The maximum absolute atomic E-state index is 14.4. The van der Waals surface area contributed by atoms with E-state index in [1.165, 1.54) is 4.90 Å². The molecule has 2 N–H and O–H groups in total. The lowest BCUT2D eigenvalue weighted by Crippen LogP contribution is -2.69. The van der Waals surface area contributed by atoms with Gasteiger partial charge >= 0.3 is 12.1 Å². The van der Waals surface area contributed by atoms with Gasteiger partial charge in [-0.1, -0.05) is 19.9 Å². The summed E-state index contributed by atoms with van der Waals surface area (Å²) in [5.41, 5.74) is -3.20. The fourth-order valence-corrected chi connectivity index (χ4v) is 9.22. The number of hydroxylamine groups is 4. The molecule has 0 atom stereocenters. The third-order valence-electron chi connectivity index (χ3n) is 10.0. The van der Waals surface area contributed by atoms with Crippen LogP contribution in [0.1, 0.15) is 113 Å². The minimum Gasteiger partial charge on any atom is -0.323 e. The van der Waals surface area contributed by atoms with Gasteiger partial charge in [0.15, 0.2) is 0 Å². The van der Waals surface area contributed by atoms with E-state index >= 15 is 0 Å². The first-order valence-corrected chi connectivity index (χ1v) is 17.0. The smallest absolute Gasteiger partial charge is 0.323 e. The third kappa shape index (κ3) is 5.74. The van der Waals surface area contributed by atoms with E-state index < -0.39 is 45.3 Å². The number of benzene rings is 1. The molecule has 12 heteroatoms. The molecule has 0 aliphatic carbocycles. The highest BCUT2D eigenvalue weighted by Gasteiger charge is 2.64. The average molecular weight is 655 g/mol. The van der Waals surface area contributed by atoms with Crippen LogP contribution in [0.3, 0.4) is 0 Å². The predicted molar refractivity (Wildman–Crippen MR) is 180 cm³/mol. The summed E-state index contributed by atoms with van der Waals surface area (Å²) in [5.74, 6) is -0.708. The maximum atomic E-state index is 14.4. The molecule has 2 spiro atoms. The summed E-state index contributed by atoms with van der Waals surface area (Å²) in [6.07, 6.45) is 3.13. The van der Waals surface area contributed by atoms with Crippen LogP contribution >= 0.6 is 0 Å². The number of hydrogen-bond donors (Lipinski definition) is 2. The fraction of sp³-hybridized carbons (Fsp3) is 0.714. The second-order valence-corrected chi connectivity index (χ2v) is 16.5. The number of carbonyl (C=O) groups is 4. The number of piperidine rings is 2. The Hall–Kier alpha value is -3.06. The van der Waals surface area contributed by atoms with E-state index in [2.05, 4.69) is 10.6 Å². The van der Waals surface area contributed by atoms with Crippen molar-refractivity contribution in [2.75, 3.05) is 23.0 Å². The first kappa shape index (κ1) is 35.3. The number of amides is 6. The first-order chi connectivity index (χ1) is 21.7. The van der Waals surface area contributed by atoms with E-state index in [4.69, 9.17) is 9.68 Å². The Morgan fingerprint density at radius 3 is 1.43 bits per heavy atom. The molecule has 0 bridgehead atoms. The average Bonchev–Trinajstić information content (AvgIpc) is 3.28. The van der Waals surface area contributed by atoms with E-state index in [1.807, 2.05) is 86.3 Å². The molecule has 1 aromatic carbocycles. The number of urea groups is 2. The van der Waals surface area contributed by atoms with Crippen LogP contribution in [-0.4, -0.2) is 80.5 Å². The first-order valence-electron chi connectivity index (χ1n) is 17.0. The molecule has 4 fully saturated rings. The highest BCUT2D eigenvalue weighted by molar-refractivity contribution is 6.26. The molecule has 260 valence electrons. The van der Waals surface area contributed by atoms with Gasteiger partial charge in [0, 0.05) is 22.2 Å². The van der Waals surface area contributed by atoms with Gasteiger partial charge in [-0.2, -0.15) is 10.1 Å². The number of aryl methyl sites for hydroxylation is 1. The summed E-state index contributed by atoms with van der Waals surface area (Å²) >= 11 is 0. The highest BCUT2D eigenvalue weighted by atomic mass is 16.7. The number of hydrogen-bond acceptors (Lipinski definition) is 8. The quantitative estimate of drug-likeness (QED) is 0.349. The molecule has 4 heterocycles. The van der Waals surface area contributed by atoms with Gasteiger partial charge in [-0.25, -0.2) is 19.4 Å². The minimum absolute atomic E-state index is 0.301. The van der Waals surface area contributed by atoms with Gasteiger partial charge in [0.1, 0.15) is 11.1 Å². The van der Waals surface area contributed by atoms with Gasteiger partial charge in [-0.3, -0.25) is 19.3 Å². The summed E-state index contributed by atoms with van der Waals surface area (Å²) < 4.78 is 0. The molecule has 1 aromatic rings. The van der Waals surface area contributed by atoms with E-state index in [0.29, 0.717) is 55.8 Å². The van der Waals surface area contributed by atoms with E-state index in [9.17, 15) is 19.2 Å². The maximum Gasteiger partial charge on any atom is 0.329 e. The van der Waals surface area contributed by atoms with Crippen molar-refractivity contribution in [3.05, 3.63) is 23.8 Å². The Balaban J connectivity index is 1.46. The molecule has 47 heavy (non-hydrogen) atoms. The van der Waals surface area contributed by atoms with Gasteiger partial charge in [0.2, 0.25) is 0 Å². The molecule has 0 aromatic heterocycles. The van der Waals surface area contributed by atoms with Crippen molar-refractivity contribution in [1.29, 1.82) is 0 Å². The number of imide groups is 2. The van der Waals surface area contributed by atoms with Crippen LogP contribution in [0.4, 0.5) is 21.0 Å². The molecular formula is C35H54N6O6. The van der Waals surface area contributed by atoms with Crippen molar-refractivity contribution in [2.24, 2.45) is 0 Å². The molecule has 0 saturated carbocycles. The van der Waals surface area contributed by atoms with E-state index in [1.54, 1.807) is 18.2 Å². The second-order valence-electron chi connectivity index (χ2n) is 16.5. The summed E-state index contributed by atoms with van der Waals surface area (Å²) in [7, 11) is 0.